The second-order valence-corrected chi connectivity index (χ2v) is 6.12. The minimum atomic E-state index is -0.0536. The summed E-state index contributed by atoms with van der Waals surface area (Å²) in [7, 11) is 0. The number of aryl methyl sites for hydroxylation is 2. The molecule has 1 fully saturated rings. The van der Waals surface area contributed by atoms with Gasteiger partial charge in [-0.2, -0.15) is 5.10 Å². The van der Waals surface area contributed by atoms with E-state index in [1.165, 1.54) is 0 Å². The lowest BCUT2D eigenvalue weighted by atomic mass is 9.95. The number of hydrogen-bond donors (Lipinski definition) is 1. The van der Waals surface area contributed by atoms with Crippen LogP contribution in [0, 0.1) is 5.92 Å². The van der Waals surface area contributed by atoms with Crippen molar-refractivity contribution in [3.8, 4) is 0 Å². The SMILES string of the molecule is CCNC1COCC1C(=O)Cc1c(Br)c(CC)nn1CC. The highest BCUT2D eigenvalue weighted by Crippen LogP contribution is 2.25. The lowest BCUT2D eigenvalue weighted by molar-refractivity contribution is -0.122. The molecule has 0 amide bonds. The molecule has 21 heavy (non-hydrogen) atoms. The average Bonchev–Trinajstić information content (AvgIpc) is 3.05. The number of nitrogens with zero attached hydrogens (tertiary/aromatic N) is 2. The third kappa shape index (κ3) is 3.55. The van der Waals surface area contributed by atoms with Crippen molar-refractivity contribution in [3.63, 3.8) is 0 Å². The predicted octanol–water partition coefficient (Wildman–Crippen LogP) is 1.96. The van der Waals surface area contributed by atoms with Gasteiger partial charge in [-0.05, 0) is 35.8 Å². The Morgan fingerprint density at radius 1 is 1.43 bits per heavy atom. The molecule has 1 aromatic heterocycles. The molecule has 6 heteroatoms. The first-order valence-electron chi connectivity index (χ1n) is 7.70. The summed E-state index contributed by atoms with van der Waals surface area (Å²) in [5, 5.41) is 7.89. The zero-order chi connectivity index (χ0) is 15.4. The number of ketones is 1. The number of carbonyl (C=O) groups is 1. The van der Waals surface area contributed by atoms with E-state index in [9.17, 15) is 4.79 Å². The molecule has 1 aliphatic rings. The van der Waals surface area contributed by atoms with Gasteiger partial charge in [-0.1, -0.05) is 13.8 Å². The molecule has 0 saturated carbocycles. The Kier molecular flexibility index (Phi) is 5.96. The summed E-state index contributed by atoms with van der Waals surface area (Å²) < 4.78 is 8.39. The number of rotatable bonds is 7. The van der Waals surface area contributed by atoms with E-state index in [1.54, 1.807) is 0 Å². The lowest BCUT2D eigenvalue weighted by Gasteiger charge is -2.17. The fourth-order valence-electron chi connectivity index (χ4n) is 2.82. The van der Waals surface area contributed by atoms with E-state index in [-0.39, 0.29) is 17.7 Å². The normalized spacial score (nSPS) is 21.9. The number of aromatic nitrogens is 2. The smallest absolute Gasteiger partial charge is 0.145 e. The number of likely N-dealkylation sites (N-methyl/N-ethyl adjacent to an activating group) is 1. The van der Waals surface area contributed by atoms with Crippen LogP contribution >= 0.6 is 15.9 Å². The number of hydrogen-bond acceptors (Lipinski definition) is 4. The average molecular weight is 358 g/mol. The van der Waals surface area contributed by atoms with E-state index >= 15 is 0 Å². The second-order valence-electron chi connectivity index (χ2n) is 5.33. The van der Waals surface area contributed by atoms with Crippen LogP contribution in [-0.2, 0) is 28.9 Å². The van der Waals surface area contributed by atoms with Crippen LogP contribution in [0.15, 0.2) is 4.47 Å². The first kappa shape index (κ1) is 16.6. The van der Waals surface area contributed by atoms with Crippen molar-refractivity contribution in [2.75, 3.05) is 19.8 Å². The van der Waals surface area contributed by atoms with Gasteiger partial charge in [-0.3, -0.25) is 9.48 Å². The zero-order valence-corrected chi connectivity index (χ0v) is 14.6. The van der Waals surface area contributed by atoms with Gasteiger partial charge in [0.1, 0.15) is 5.78 Å². The van der Waals surface area contributed by atoms with Crippen molar-refractivity contribution < 1.29 is 9.53 Å². The highest BCUT2D eigenvalue weighted by Gasteiger charge is 2.34. The van der Waals surface area contributed by atoms with E-state index in [0.717, 1.165) is 35.4 Å². The summed E-state index contributed by atoms with van der Waals surface area (Å²) in [5.74, 6) is 0.179. The van der Waals surface area contributed by atoms with Crippen molar-refractivity contribution in [1.82, 2.24) is 15.1 Å². The van der Waals surface area contributed by atoms with Crippen LogP contribution in [0.4, 0.5) is 0 Å². The highest BCUT2D eigenvalue weighted by atomic mass is 79.9. The Bertz CT molecular complexity index is 501. The molecule has 2 rings (SSSR count). The van der Waals surface area contributed by atoms with Gasteiger partial charge in [0.25, 0.3) is 0 Å². The lowest BCUT2D eigenvalue weighted by Crippen LogP contribution is -2.39. The molecule has 5 nitrogen and oxygen atoms in total. The molecule has 118 valence electrons. The number of nitrogens with one attached hydrogen (secondary N) is 1. The van der Waals surface area contributed by atoms with Crippen molar-refractivity contribution in [1.29, 1.82) is 0 Å². The van der Waals surface area contributed by atoms with Crippen molar-refractivity contribution >= 4 is 21.7 Å². The topological polar surface area (TPSA) is 56.1 Å². The molecule has 2 unspecified atom stereocenters. The predicted molar refractivity (Wildman–Crippen MR) is 85.5 cm³/mol. The third-order valence-corrected chi connectivity index (χ3v) is 4.91. The maximum Gasteiger partial charge on any atom is 0.145 e. The molecular formula is C15H24BrN3O2. The summed E-state index contributed by atoms with van der Waals surface area (Å²) in [6, 6.07) is 0.143. The summed E-state index contributed by atoms with van der Waals surface area (Å²) in [4.78, 5) is 12.6. The maximum atomic E-state index is 12.6. The molecule has 0 bridgehead atoms. The number of halogens is 1. The Morgan fingerprint density at radius 2 is 2.19 bits per heavy atom. The molecule has 0 aromatic carbocycles. The third-order valence-electron chi connectivity index (χ3n) is 4.00. The van der Waals surface area contributed by atoms with Crippen molar-refractivity contribution in [2.45, 2.75) is 46.2 Å². The monoisotopic (exact) mass is 357 g/mol. The van der Waals surface area contributed by atoms with Crippen LogP contribution in [-0.4, -0.2) is 41.4 Å². The quantitative estimate of drug-likeness (QED) is 0.810. The standard InChI is InChI=1S/C15H24BrN3O2/c1-4-11-15(16)13(19(6-3)18-11)7-14(20)10-8-21-9-12(10)17-5-2/h10,12,17H,4-9H2,1-3H3. The molecule has 0 spiro atoms. The van der Waals surface area contributed by atoms with E-state index in [0.29, 0.717) is 19.6 Å². The minimum absolute atomic E-state index is 0.0536. The summed E-state index contributed by atoms with van der Waals surface area (Å²) in [6.45, 7) is 8.95. The van der Waals surface area contributed by atoms with Gasteiger partial charge in [-0.25, -0.2) is 0 Å². The largest absolute Gasteiger partial charge is 0.379 e. The molecule has 0 aliphatic carbocycles. The maximum absolute atomic E-state index is 12.6. The van der Waals surface area contributed by atoms with Crippen molar-refractivity contribution in [3.05, 3.63) is 15.9 Å². The molecular weight excluding hydrogens is 334 g/mol. The first-order chi connectivity index (χ1) is 10.1. The Balaban J connectivity index is 2.14. The van der Waals surface area contributed by atoms with Crippen LogP contribution in [0.3, 0.4) is 0 Å². The molecule has 0 radical (unpaired) electrons. The minimum Gasteiger partial charge on any atom is -0.379 e. The molecule has 1 aromatic rings. The zero-order valence-electron chi connectivity index (χ0n) is 13.0. The molecule has 2 heterocycles. The van der Waals surface area contributed by atoms with Gasteiger partial charge in [0, 0.05) is 19.0 Å². The Morgan fingerprint density at radius 3 is 2.81 bits per heavy atom. The van der Waals surface area contributed by atoms with Crippen LogP contribution < -0.4 is 5.32 Å². The highest BCUT2D eigenvalue weighted by molar-refractivity contribution is 9.10. The van der Waals surface area contributed by atoms with Crippen molar-refractivity contribution in [2.24, 2.45) is 5.92 Å². The van der Waals surface area contributed by atoms with E-state index in [4.69, 9.17) is 4.74 Å². The van der Waals surface area contributed by atoms with Crippen LogP contribution in [0.2, 0.25) is 0 Å². The Labute approximate surface area is 134 Å². The molecule has 2 atom stereocenters. The second kappa shape index (κ2) is 7.51. The van der Waals surface area contributed by atoms with Gasteiger partial charge in [0.15, 0.2) is 0 Å². The van der Waals surface area contributed by atoms with Gasteiger partial charge < -0.3 is 10.1 Å². The van der Waals surface area contributed by atoms with Gasteiger partial charge in [0.2, 0.25) is 0 Å². The molecule has 1 aliphatic heterocycles. The van der Waals surface area contributed by atoms with E-state index in [2.05, 4.69) is 40.2 Å². The van der Waals surface area contributed by atoms with Gasteiger partial charge in [0.05, 0.1) is 35.0 Å². The van der Waals surface area contributed by atoms with Crippen LogP contribution in [0.25, 0.3) is 0 Å². The first-order valence-corrected chi connectivity index (χ1v) is 8.49. The number of Topliss-reactive ketones (excluding diaryl/α,β-unsaturated/α-hetero) is 1. The van der Waals surface area contributed by atoms with E-state index in [1.807, 2.05) is 11.6 Å². The summed E-state index contributed by atoms with van der Waals surface area (Å²) >= 11 is 3.60. The fraction of sp³-hybridized carbons (Fsp3) is 0.733. The summed E-state index contributed by atoms with van der Waals surface area (Å²) in [5.41, 5.74) is 2.01. The van der Waals surface area contributed by atoms with Crippen LogP contribution in [0.1, 0.15) is 32.2 Å². The van der Waals surface area contributed by atoms with Gasteiger partial charge in [-0.15, -0.1) is 0 Å². The molecule has 1 N–H and O–H groups in total. The molecule has 1 saturated heterocycles. The summed E-state index contributed by atoms with van der Waals surface area (Å²) in [6.07, 6.45) is 1.28. The van der Waals surface area contributed by atoms with Gasteiger partial charge >= 0.3 is 0 Å². The fourth-order valence-corrected chi connectivity index (χ4v) is 3.52. The number of ether oxygens (including phenoxy) is 1. The van der Waals surface area contributed by atoms with E-state index < -0.39 is 0 Å². The Hall–Kier alpha value is -0.720. The van der Waals surface area contributed by atoms with Crippen LogP contribution in [0.5, 0.6) is 0 Å². The number of carbonyl (C=O) groups excluding carboxylic acids is 1.